The van der Waals surface area contributed by atoms with Gasteiger partial charge in [-0.15, -0.1) is 0 Å². The Morgan fingerprint density at radius 2 is 1.95 bits per heavy atom. The Hall–Kier alpha value is -2.91. The van der Waals surface area contributed by atoms with E-state index in [1.807, 2.05) is 0 Å². The van der Waals surface area contributed by atoms with Crippen molar-refractivity contribution < 1.29 is 19.5 Å². The topological polar surface area (TPSA) is 96.2 Å². The molecule has 0 amide bonds. The molecule has 0 saturated carbocycles. The number of hydrogen-bond acceptors (Lipinski definition) is 6. The number of carbonyl (C=O) groups excluding carboxylic acids is 3. The summed E-state index contributed by atoms with van der Waals surface area (Å²) in [5.74, 6) is -0.649. The molecule has 2 atom stereocenters. The highest BCUT2D eigenvalue weighted by molar-refractivity contribution is 5.96. The number of aliphatic hydroxyl groups is 1. The lowest BCUT2D eigenvalue weighted by Crippen LogP contribution is -2.39. The Balaban J connectivity index is 2.34. The Morgan fingerprint density at radius 3 is 2.50 bits per heavy atom. The zero-order chi connectivity index (χ0) is 16.0. The molecular weight excluding hydrogens is 284 g/mol. The van der Waals surface area contributed by atoms with Gasteiger partial charge in [0.15, 0.2) is 11.3 Å². The maximum Gasteiger partial charge on any atom is 0.240 e. The van der Waals surface area contributed by atoms with Crippen molar-refractivity contribution in [1.82, 2.24) is 0 Å². The minimum atomic E-state index is -1.54. The predicted molar refractivity (Wildman–Crippen MR) is 77.2 cm³/mol. The van der Waals surface area contributed by atoms with Crippen LogP contribution in [0.2, 0.25) is 0 Å². The van der Waals surface area contributed by atoms with Crippen LogP contribution in [-0.2, 0) is 14.4 Å². The number of nitrogens with zero attached hydrogens (tertiary/aromatic N) is 2. The van der Waals surface area contributed by atoms with Gasteiger partial charge in [0.1, 0.15) is 6.10 Å². The van der Waals surface area contributed by atoms with Crippen molar-refractivity contribution in [3.8, 4) is 0 Å². The summed E-state index contributed by atoms with van der Waals surface area (Å²) in [4.78, 5) is 40.5. The maximum absolute atomic E-state index is 12.6. The fourth-order valence-electron chi connectivity index (χ4n) is 2.18. The van der Waals surface area contributed by atoms with Gasteiger partial charge in [0.25, 0.3) is 0 Å². The fourth-order valence-corrected chi connectivity index (χ4v) is 2.18. The molecule has 1 aliphatic carbocycles. The molecule has 110 valence electrons. The van der Waals surface area contributed by atoms with Crippen molar-refractivity contribution in [1.29, 1.82) is 0 Å². The second-order valence-corrected chi connectivity index (χ2v) is 4.67. The number of carbonyl (C=O) groups is 1. The van der Waals surface area contributed by atoms with Gasteiger partial charge in [0.2, 0.25) is 12.2 Å². The number of rotatable bonds is 5. The van der Waals surface area contributed by atoms with Crippen LogP contribution in [0.5, 0.6) is 0 Å². The number of benzene rings is 1. The first-order chi connectivity index (χ1) is 10.6. The first-order valence-electron chi connectivity index (χ1n) is 6.46. The summed E-state index contributed by atoms with van der Waals surface area (Å²) in [6.07, 6.45) is 5.52. The lowest BCUT2D eigenvalue weighted by molar-refractivity contribution is -0.131. The number of isocyanates is 2. The maximum atomic E-state index is 12.6. The monoisotopic (exact) mass is 296 g/mol. The molecule has 0 bridgehead atoms. The molecule has 0 radical (unpaired) electrons. The Morgan fingerprint density at radius 1 is 1.23 bits per heavy atom. The largest absolute Gasteiger partial charge is 0.380 e. The van der Waals surface area contributed by atoms with Crippen LogP contribution in [0, 0.1) is 0 Å². The van der Waals surface area contributed by atoms with E-state index in [-0.39, 0.29) is 6.42 Å². The van der Waals surface area contributed by atoms with Gasteiger partial charge in [0.05, 0.1) is 5.70 Å². The highest BCUT2D eigenvalue weighted by atomic mass is 16.3. The number of Topliss-reactive ketones (excluding diaryl/α,β-unsaturated/α-hetero) is 1. The van der Waals surface area contributed by atoms with Crippen molar-refractivity contribution in [2.24, 2.45) is 9.98 Å². The summed E-state index contributed by atoms with van der Waals surface area (Å²) in [5.41, 5.74) is -0.824. The third-order valence-electron chi connectivity index (χ3n) is 3.36. The van der Waals surface area contributed by atoms with Crippen LogP contribution in [0.15, 0.2) is 64.2 Å². The Labute approximate surface area is 126 Å². The van der Waals surface area contributed by atoms with Crippen molar-refractivity contribution >= 4 is 17.9 Å². The summed E-state index contributed by atoms with van der Waals surface area (Å²) in [6, 6.07) is 8.34. The Kier molecular flexibility index (Phi) is 4.71. The van der Waals surface area contributed by atoms with Crippen molar-refractivity contribution in [2.75, 3.05) is 0 Å². The van der Waals surface area contributed by atoms with E-state index in [2.05, 4.69) is 9.98 Å². The number of ketones is 1. The molecule has 0 aromatic heterocycles. The van der Waals surface area contributed by atoms with Gasteiger partial charge < -0.3 is 5.11 Å². The molecule has 1 aliphatic rings. The molecule has 0 spiro atoms. The van der Waals surface area contributed by atoms with E-state index >= 15 is 0 Å². The van der Waals surface area contributed by atoms with Crippen molar-refractivity contribution in [3.05, 3.63) is 59.8 Å². The second-order valence-electron chi connectivity index (χ2n) is 4.67. The van der Waals surface area contributed by atoms with Gasteiger partial charge in [-0.25, -0.2) is 9.59 Å². The van der Waals surface area contributed by atoms with E-state index in [0.717, 1.165) is 0 Å². The molecular formula is C16H12N2O4. The predicted octanol–water partition coefficient (Wildman–Crippen LogP) is 1.54. The highest BCUT2D eigenvalue weighted by Gasteiger charge is 2.40. The van der Waals surface area contributed by atoms with Crippen LogP contribution < -0.4 is 0 Å². The van der Waals surface area contributed by atoms with Crippen molar-refractivity contribution in [3.63, 3.8) is 0 Å². The average Bonchev–Trinajstić information content (AvgIpc) is 2.57. The van der Waals surface area contributed by atoms with Crippen LogP contribution in [0.1, 0.15) is 18.1 Å². The van der Waals surface area contributed by atoms with Crippen LogP contribution in [0.4, 0.5) is 0 Å². The number of aliphatic hydroxyl groups excluding tert-OH is 1. The molecule has 0 saturated heterocycles. The van der Waals surface area contributed by atoms with E-state index in [1.165, 1.54) is 30.4 Å². The van der Waals surface area contributed by atoms with Crippen LogP contribution in [0.3, 0.4) is 0 Å². The summed E-state index contributed by atoms with van der Waals surface area (Å²) < 4.78 is 0. The van der Waals surface area contributed by atoms with Crippen LogP contribution in [0.25, 0.3) is 0 Å². The lowest BCUT2D eigenvalue weighted by atomic mass is 9.82. The zero-order valence-electron chi connectivity index (χ0n) is 11.5. The number of aliphatic imine (C=N–C) groups is 2. The first-order valence-corrected chi connectivity index (χ1v) is 6.46. The Bertz CT molecular complexity index is 726. The smallest absolute Gasteiger partial charge is 0.240 e. The van der Waals surface area contributed by atoms with Crippen molar-refractivity contribution in [2.45, 2.75) is 18.1 Å². The van der Waals surface area contributed by atoms with Gasteiger partial charge in [-0.1, -0.05) is 36.4 Å². The normalized spacial score (nSPS) is 21.0. The minimum absolute atomic E-state index is 0.00196. The summed E-state index contributed by atoms with van der Waals surface area (Å²) in [7, 11) is 0. The minimum Gasteiger partial charge on any atom is -0.380 e. The molecule has 6 heteroatoms. The average molecular weight is 296 g/mol. The van der Waals surface area contributed by atoms with Gasteiger partial charge in [-0.3, -0.25) is 4.79 Å². The lowest BCUT2D eigenvalue weighted by Gasteiger charge is -2.26. The van der Waals surface area contributed by atoms with E-state index in [1.54, 1.807) is 30.3 Å². The summed E-state index contributed by atoms with van der Waals surface area (Å²) in [6.45, 7) is 0. The van der Waals surface area contributed by atoms with Gasteiger partial charge in [-0.05, 0) is 17.7 Å². The van der Waals surface area contributed by atoms with E-state index in [0.29, 0.717) is 11.3 Å². The third-order valence-corrected chi connectivity index (χ3v) is 3.36. The second kappa shape index (κ2) is 6.70. The molecule has 2 unspecified atom stereocenters. The molecule has 1 aromatic rings. The quantitative estimate of drug-likeness (QED) is 0.658. The first kappa shape index (κ1) is 15.5. The van der Waals surface area contributed by atoms with E-state index in [9.17, 15) is 19.5 Å². The molecule has 1 N–H and O–H groups in total. The molecule has 0 aliphatic heterocycles. The fraction of sp³-hybridized carbons (Fsp3) is 0.188. The summed E-state index contributed by atoms with van der Waals surface area (Å²) in [5, 5.41) is 10.2. The number of hydrogen-bond donors (Lipinski definition) is 1. The molecule has 2 rings (SSSR count). The zero-order valence-corrected chi connectivity index (χ0v) is 11.5. The van der Waals surface area contributed by atoms with E-state index < -0.39 is 17.4 Å². The van der Waals surface area contributed by atoms with Crippen LogP contribution in [-0.4, -0.2) is 28.6 Å². The SMILES string of the molecule is O=C=NC1=CCC(N=C=O)(C(=O)C(O)c2ccccc2)C=C1. The highest BCUT2D eigenvalue weighted by Crippen LogP contribution is 2.31. The molecule has 0 heterocycles. The molecule has 1 aromatic carbocycles. The molecule has 0 fully saturated rings. The van der Waals surface area contributed by atoms with Crippen LogP contribution >= 0.6 is 0 Å². The summed E-state index contributed by atoms with van der Waals surface area (Å²) >= 11 is 0. The molecule has 22 heavy (non-hydrogen) atoms. The third kappa shape index (κ3) is 3.05. The standard InChI is InChI=1S/C16H12N2O4/c19-10-17-13-6-8-16(9-7-13,18-11-20)15(22)14(21)12-4-2-1-3-5-12/h1-8,14,21H,9H2. The van der Waals surface area contributed by atoms with Gasteiger partial charge >= 0.3 is 0 Å². The van der Waals surface area contributed by atoms with E-state index in [4.69, 9.17) is 0 Å². The molecule has 6 nitrogen and oxygen atoms in total. The van der Waals surface area contributed by atoms with Gasteiger partial charge in [0, 0.05) is 6.42 Å². The van der Waals surface area contributed by atoms with Gasteiger partial charge in [-0.2, -0.15) is 9.98 Å². The number of allylic oxidation sites excluding steroid dienone is 1.